The Labute approximate surface area is 112 Å². The van der Waals surface area contributed by atoms with Gasteiger partial charge in [-0.05, 0) is 24.6 Å². The van der Waals surface area contributed by atoms with Gasteiger partial charge >= 0.3 is 0 Å². The molecule has 98 valence electrons. The summed E-state index contributed by atoms with van der Waals surface area (Å²) in [6.07, 6.45) is 0. The molecule has 0 unspecified atom stereocenters. The molecular formula is C16H16FNO. The first-order valence-corrected chi connectivity index (χ1v) is 6.24. The SMILES string of the molecule is C[C@H](NCC(=O)c1cccc(F)c1)c1ccccc1. The zero-order valence-corrected chi connectivity index (χ0v) is 10.8. The second-order valence-electron chi connectivity index (χ2n) is 4.45. The fourth-order valence-electron chi connectivity index (χ4n) is 1.87. The summed E-state index contributed by atoms with van der Waals surface area (Å²) in [7, 11) is 0. The molecule has 0 aromatic heterocycles. The third kappa shape index (κ3) is 3.73. The Kier molecular flexibility index (Phi) is 4.42. The van der Waals surface area contributed by atoms with Gasteiger partial charge in [0.25, 0.3) is 0 Å². The molecule has 0 saturated carbocycles. The van der Waals surface area contributed by atoms with Crippen molar-refractivity contribution in [3.05, 3.63) is 71.5 Å². The highest BCUT2D eigenvalue weighted by atomic mass is 19.1. The minimum absolute atomic E-state index is 0.0821. The number of hydrogen-bond acceptors (Lipinski definition) is 2. The second kappa shape index (κ2) is 6.25. The largest absolute Gasteiger partial charge is 0.303 e. The molecule has 0 heterocycles. The lowest BCUT2D eigenvalue weighted by molar-refractivity contribution is 0.0987. The van der Waals surface area contributed by atoms with Crippen LogP contribution in [0.25, 0.3) is 0 Å². The van der Waals surface area contributed by atoms with Gasteiger partial charge in [0.2, 0.25) is 0 Å². The number of halogens is 1. The summed E-state index contributed by atoms with van der Waals surface area (Å²) in [5.41, 5.74) is 1.52. The molecule has 0 amide bonds. The topological polar surface area (TPSA) is 29.1 Å². The van der Waals surface area contributed by atoms with E-state index in [1.54, 1.807) is 12.1 Å². The van der Waals surface area contributed by atoms with Crippen molar-refractivity contribution in [2.75, 3.05) is 6.54 Å². The highest BCUT2D eigenvalue weighted by Gasteiger charge is 2.09. The molecule has 2 aromatic carbocycles. The van der Waals surface area contributed by atoms with Gasteiger partial charge in [-0.3, -0.25) is 4.79 Å². The van der Waals surface area contributed by atoms with Crippen molar-refractivity contribution in [3.63, 3.8) is 0 Å². The molecule has 0 radical (unpaired) electrons. The van der Waals surface area contributed by atoms with Gasteiger partial charge in [0.15, 0.2) is 5.78 Å². The maximum atomic E-state index is 13.0. The number of hydrogen-bond donors (Lipinski definition) is 1. The fraction of sp³-hybridized carbons (Fsp3) is 0.188. The van der Waals surface area contributed by atoms with Crippen LogP contribution in [-0.4, -0.2) is 12.3 Å². The maximum Gasteiger partial charge on any atom is 0.176 e. The van der Waals surface area contributed by atoms with E-state index in [0.29, 0.717) is 5.56 Å². The van der Waals surface area contributed by atoms with Crippen LogP contribution in [0.3, 0.4) is 0 Å². The van der Waals surface area contributed by atoms with Gasteiger partial charge in [-0.15, -0.1) is 0 Å². The molecule has 0 spiro atoms. The second-order valence-corrected chi connectivity index (χ2v) is 4.45. The molecule has 0 aliphatic rings. The lowest BCUT2D eigenvalue weighted by atomic mass is 10.1. The Balaban J connectivity index is 1.94. The molecule has 3 heteroatoms. The van der Waals surface area contributed by atoms with E-state index in [1.165, 1.54) is 12.1 Å². The van der Waals surface area contributed by atoms with Crippen LogP contribution in [0.5, 0.6) is 0 Å². The van der Waals surface area contributed by atoms with E-state index in [4.69, 9.17) is 0 Å². The van der Waals surface area contributed by atoms with Crippen LogP contribution in [0.2, 0.25) is 0 Å². The fourth-order valence-corrected chi connectivity index (χ4v) is 1.87. The van der Waals surface area contributed by atoms with E-state index in [9.17, 15) is 9.18 Å². The zero-order valence-electron chi connectivity index (χ0n) is 10.8. The molecule has 0 fully saturated rings. The standard InChI is InChI=1S/C16H16FNO/c1-12(13-6-3-2-4-7-13)18-11-16(19)14-8-5-9-15(17)10-14/h2-10,12,18H,11H2,1H3/t12-/m0/s1. The van der Waals surface area contributed by atoms with Crippen molar-refractivity contribution in [2.45, 2.75) is 13.0 Å². The molecule has 2 nitrogen and oxygen atoms in total. The highest BCUT2D eigenvalue weighted by Crippen LogP contribution is 2.11. The first kappa shape index (κ1) is 13.4. The molecule has 2 rings (SSSR count). The summed E-state index contributed by atoms with van der Waals surface area (Å²) in [6.45, 7) is 2.19. The van der Waals surface area contributed by atoms with E-state index < -0.39 is 0 Å². The maximum absolute atomic E-state index is 13.0. The first-order valence-electron chi connectivity index (χ1n) is 6.24. The lowest BCUT2D eigenvalue weighted by Crippen LogP contribution is -2.26. The predicted octanol–water partition coefficient (Wildman–Crippen LogP) is 3.36. The van der Waals surface area contributed by atoms with Crippen molar-refractivity contribution < 1.29 is 9.18 Å². The Morgan fingerprint density at radius 1 is 1.16 bits per heavy atom. The molecule has 0 saturated heterocycles. The van der Waals surface area contributed by atoms with Crippen LogP contribution in [0, 0.1) is 5.82 Å². The normalized spacial score (nSPS) is 12.1. The molecule has 0 aliphatic heterocycles. The van der Waals surface area contributed by atoms with Crippen molar-refractivity contribution in [2.24, 2.45) is 0 Å². The van der Waals surface area contributed by atoms with E-state index >= 15 is 0 Å². The van der Waals surface area contributed by atoms with Crippen LogP contribution in [0.4, 0.5) is 4.39 Å². The van der Waals surface area contributed by atoms with Gasteiger partial charge in [-0.1, -0.05) is 42.5 Å². The highest BCUT2D eigenvalue weighted by molar-refractivity contribution is 5.97. The Morgan fingerprint density at radius 2 is 1.89 bits per heavy atom. The van der Waals surface area contributed by atoms with Crippen LogP contribution in [0.15, 0.2) is 54.6 Å². The minimum Gasteiger partial charge on any atom is -0.303 e. The van der Waals surface area contributed by atoms with Crippen LogP contribution < -0.4 is 5.32 Å². The van der Waals surface area contributed by atoms with Crippen molar-refractivity contribution in [1.82, 2.24) is 5.32 Å². The molecule has 0 bridgehead atoms. The third-order valence-corrected chi connectivity index (χ3v) is 3.01. The molecule has 2 aromatic rings. The van der Waals surface area contributed by atoms with Crippen LogP contribution >= 0.6 is 0 Å². The monoisotopic (exact) mass is 257 g/mol. The van der Waals surface area contributed by atoms with Gasteiger partial charge in [0, 0.05) is 11.6 Å². The molecule has 1 N–H and O–H groups in total. The van der Waals surface area contributed by atoms with Crippen molar-refractivity contribution in [3.8, 4) is 0 Å². The number of carbonyl (C=O) groups is 1. The van der Waals surface area contributed by atoms with E-state index in [2.05, 4.69) is 5.32 Å². The van der Waals surface area contributed by atoms with Crippen LogP contribution in [-0.2, 0) is 0 Å². The number of benzene rings is 2. The Morgan fingerprint density at radius 3 is 2.58 bits per heavy atom. The Bertz CT molecular complexity index is 554. The number of ketones is 1. The van der Waals surface area contributed by atoms with Gasteiger partial charge < -0.3 is 5.32 Å². The third-order valence-electron chi connectivity index (χ3n) is 3.01. The summed E-state index contributed by atoms with van der Waals surface area (Å²) in [4.78, 5) is 11.9. The Hall–Kier alpha value is -2.00. The molecule has 0 aliphatic carbocycles. The van der Waals surface area contributed by atoms with Crippen molar-refractivity contribution in [1.29, 1.82) is 0 Å². The molecular weight excluding hydrogens is 241 g/mol. The summed E-state index contributed by atoms with van der Waals surface area (Å²) in [5, 5.41) is 3.14. The number of rotatable bonds is 5. The average molecular weight is 257 g/mol. The van der Waals surface area contributed by atoms with E-state index in [0.717, 1.165) is 5.56 Å². The van der Waals surface area contributed by atoms with Crippen LogP contribution in [0.1, 0.15) is 28.9 Å². The number of carbonyl (C=O) groups excluding carboxylic acids is 1. The average Bonchev–Trinajstić information content (AvgIpc) is 2.45. The van der Waals surface area contributed by atoms with Gasteiger partial charge in [0.05, 0.1) is 6.54 Å². The first-order chi connectivity index (χ1) is 9.16. The summed E-state index contributed by atoms with van der Waals surface area (Å²) < 4.78 is 13.0. The number of nitrogens with one attached hydrogen (secondary N) is 1. The van der Waals surface area contributed by atoms with Gasteiger partial charge in [-0.25, -0.2) is 4.39 Å². The summed E-state index contributed by atoms with van der Waals surface area (Å²) in [5.74, 6) is -0.496. The smallest absolute Gasteiger partial charge is 0.176 e. The quantitative estimate of drug-likeness (QED) is 0.832. The zero-order chi connectivity index (χ0) is 13.7. The molecule has 19 heavy (non-hydrogen) atoms. The van der Waals surface area contributed by atoms with Crippen molar-refractivity contribution >= 4 is 5.78 Å². The van der Waals surface area contributed by atoms with Gasteiger partial charge in [-0.2, -0.15) is 0 Å². The summed E-state index contributed by atoms with van der Waals surface area (Å²) >= 11 is 0. The predicted molar refractivity (Wildman–Crippen MR) is 73.6 cm³/mol. The van der Waals surface area contributed by atoms with E-state index in [1.807, 2.05) is 37.3 Å². The van der Waals surface area contributed by atoms with Gasteiger partial charge in [0.1, 0.15) is 5.82 Å². The molecule has 1 atom stereocenters. The van der Waals surface area contributed by atoms with E-state index in [-0.39, 0.29) is 24.2 Å². The minimum atomic E-state index is -0.387. The number of Topliss-reactive ketones (excluding diaryl/α,β-unsaturated/α-hetero) is 1. The lowest BCUT2D eigenvalue weighted by Gasteiger charge is -2.13. The summed E-state index contributed by atoms with van der Waals surface area (Å²) in [6, 6.07) is 15.7.